The lowest BCUT2D eigenvalue weighted by molar-refractivity contribution is -0.129. The first-order valence-electron chi connectivity index (χ1n) is 7.10. The van der Waals surface area contributed by atoms with Crippen LogP contribution in [0.25, 0.3) is 0 Å². The van der Waals surface area contributed by atoms with E-state index in [2.05, 4.69) is 23.7 Å². The van der Waals surface area contributed by atoms with Crippen LogP contribution in [-0.2, 0) is 17.8 Å². The number of amides is 1. The van der Waals surface area contributed by atoms with Crippen molar-refractivity contribution in [1.29, 1.82) is 0 Å². The molecule has 1 aliphatic carbocycles. The van der Waals surface area contributed by atoms with Gasteiger partial charge in [0.25, 0.3) is 0 Å². The lowest BCUT2D eigenvalue weighted by atomic mass is 9.76. The number of nitrogens with zero attached hydrogens (tertiary/aromatic N) is 1. The van der Waals surface area contributed by atoms with Crippen LogP contribution in [0, 0.1) is 10.8 Å². The Hall–Kier alpha value is -1.58. The second-order valence-corrected chi connectivity index (χ2v) is 7.21. The molecule has 0 unspecified atom stereocenters. The fourth-order valence-electron chi connectivity index (χ4n) is 2.99. The molecule has 110 valence electrons. The van der Waals surface area contributed by atoms with Crippen molar-refractivity contribution < 1.29 is 9.59 Å². The highest BCUT2D eigenvalue weighted by atomic mass is 16.2. The molecular formula is C16H24N2O2. The molecule has 4 nitrogen and oxygen atoms in total. The number of rotatable bonds is 3. The zero-order chi connectivity index (χ0) is 15.1. The summed E-state index contributed by atoms with van der Waals surface area (Å²) in [5.74, 6) is 0.231. The van der Waals surface area contributed by atoms with E-state index in [1.165, 1.54) is 0 Å². The number of aromatic nitrogens is 1. The molecule has 0 saturated heterocycles. The van der Waals surface area contributed by atoms with Crippen molar-refractivity contribution in [3.05, 3.63) is 23.5 Å². The minimum absolute atomic E-state index is 0.00263. The maximum atomic E-state index is 12.2. The summed E-state index contributed by atoms with van der Waals surface area (Å²) in [7, 11) is 1.65. The molecule has 0 fully saturated rings. The second-order valence-electron chi connectivity index (χ2n) is 7.21. The molecular weight excluding hydrogens is 252 g/mol. The van der Waals surface area contributed by atoms with Gasteiger partial charge in [-0.05, 0) is 31.7 Å². The van der Waals surface area contributed by atoms with Crippen LogP contribution in [0.5, 0.6) is 0 Å². The Kier molecular flexibility index (Phi) is 3.53. The summed E-state index contributed by atoms with van der Waals surface area (Å²) in [6, 6.07) is 1.90. The molecule has 1 amide bonds. The molecule has 0 saturated carbocycles. The van der Waals surface area contributed by atoms with E-state index in [9.17, 15) is 9.59 Å². The third-order valence-corrected chi connectivity index (χ3v) is 4.07. The quantitative estimate of drug-likeness (QED) is 0.921. The fraction of sp³-hybridized carbons (Fsp3) is 0.625. The zero-order valence-corrected chi connectivity index (χ0v) is 13.0. The summed E-state index contributed by atoms with van der Waals surface area (Å²) in [5, 5.41) is 2.70. The van der Waals surface area contributed by atoms with Crippen molar-refractivity contribution in [2.24, 2.45) is 10.8 Å². The summed E-state index contributed by atoms with van der Waals surface area (Å²) in [6.07, 6.45) is 3.42. The molecule has 0 radical (unpaired) electrons. The molecule has 1 aromatic heterocycles. The topological polar surface area (TPSA) is 51.1 Å². The first kappa shape index (κ1) is 14.8. The van der Waals surface area contributed by atoms with Gasteiger partial charge in [-0.25, -0.2) is 0 Å². The van der Waals surface area contributed by atoms with Crippen LogP contribution in [0.3, 0.4) is 0 Å². The minimum atomic E-state index is -0.494. The molecule has 1 N–H and O–H groups in total. The van der Waals surface area contributed by atoms with E-state index in [0.29, 0.717) is 13.0 Å². The summed E-state index contributed by atoms with van der Waals surface area (Å²) in [4.78, 5) is 24.1. The Bertz CT molecular complexity index is 553. The van der Waals surface area contributed by atoms with Crippen LogP contribution in [0.4, 0.5) is 0 Å². The predicted molar refractivity (Wildman–Crippen MR) is 78.7 cm³/mol. The number of Topliss-reactive ketones (excluding diaryl/α,β-unsaturated/α-hetero) is 1. The van der Waals surface area contributed by atoms with Crippen LogP contribution < -0.4 is 5.32 Å². The Morgan fingerprint density at radius 3 is 2.65 bits per heavy atom. The van der Waals surface area contributed by atoms with Crippen LogP contribution in [0.1, 0.15) is 50.2 Å². The monoisotopic (exact) mass is 276 g/mol. The lowest BCUT2D eigenvalue weighted by Crippen LogP contribution is -2.38. The Morgan fingerprint density at radius 2 is 2.05 bits per heavy atom. The van der Waals surface area contributed by atoms with Crippen molar-refractivity contribution in [2.45, 2.75) is 47.1 Å². The third-order valence-electron chi connectivity index (χ3n) is 4.07. The molecule has 0 aromatic carbocycles. The zero-order valence-electron chi connectivity index (χ0n) is 13.0. The van der Waals surface area contributed by atoms with Gasteiger partial charge in [0, 0.05) is 37.5 Å². The average molecular weight is 276 g/mol. The number of carbonyl (C=O) groups is 2. The molecule has 2 rings (SSSR count). The molecule has 0 aliphatic heterocycles. The van der Waals surface area contributed by atoms with Gasteiger partial charge in [-0.3, -0.25) is 9.59 Å². The maximum Gasteiger partial charge on any atom is 0.227 e. The fourth-order valence-corrected chi connectivity index (χ4v) is 2.99. The van der Waals surface area contributed by atoms with Crippen molar-refractivity contribution >= 4 is 11.7 Å². The standard InChI is InChI=1S/C16H24N2O2/c1-15(2)8-12-11(13(19)9-15)6-7-18(12)10-16(3,4)14(20)17-5/h6-7H,8-10H2,1-5H3,(H,17,20). The van der Waals surface area contributed by atoms with E-state index in [0.717, 1.165) is 17.7 Å². The maximum absolute atomic E-state index is 12.2. The Balaban J connectivity index is 2.33. The van der Waals surface area contributed by atoms with E-state index >= 15 is 0 Å². The first-order chi connectivity index (χ1) is 9.16. The lowest BCUT2D eigenvalue weighted by Gasteiger charge is -2.31. The molecule has 0 atom stereocenters. The van der Waals surface area contributed by atoms with Gasteiger partial charge in [-0.2, -0.15) is 0 Å². The van der Waals surface area contributed by atoms with Gasteiger partial charge in [0.1, 0.15) is 0 Å². The summed E-state index contributed by atoms with van der Waals surface area (Å²) >= 11 is 0. The van der Waals surface area contributed by atoms with E-state index in [1.807, 2.05) is 26.1 Å². The van der Waals surface area contributed by atoms with Gasteiger partial charge < -0.3 is 9.88 Å². The van der Waals surface area contributed by atoms with Crippen LogP contribution in [0.15, 0.2) is 12.3 Å². The molecule has 1 aliphatic rings. The van der Waals surface area contributed by atoms with Gasteiger partial charge in [0.05, 0.1) is 5.41 Å². The van der Waals surface area contributed by atoms with Crippen molar-refractivity contribution in [2.75, 3.05) is 7.05 Å². The number of carbonyl (C=O) groups excluding carboxylic acids is 2. The molecule has 0 spiro atoms. The number of ketones is 1. The first-order valence-corrected chi connectivity index (χ1v) is 7.10. The SMILES string of the molecule is CNC(=O)C(C)(C)Cn1ccc2c1CC(C)(C)CC2=O. The summed E-state index contributed by atoms with van der Waals surface area (Å²) < 4.78 is 2.07. The highest BCUT2D eigenvalue weighted by Crippen LogP contribution is 2.36. The highest BCUT2D eigenvalue weighted by molar-refractivity contribution is 5.98. The van der Waals surface area contributed by atoms with Crippen LogP contribution in [0.2, 0.25) is 0 Å². The largest absolute Gasteiger partial charge is 0.359 e. The molecule has 1 aromatic rings. The number of hydrogen-bond acceptors (Lipinski definition) is 2. The number of fused-ring (bicyclic) bond motifs is 1. The molecule has 4 heteroatoms. The van der Waals surface area contributed by atoms with Gasteiger partial charge in [-0.15, -0.1) is 0 Å². The number of hydrogen-bond donors (Lipinski definition) is 1. The van der Waals surface area contributed by atoms with Crippen LogP contribution >= 0.6 is 0 Å². The molecule has 20 heavy (non-hydrogen) atoms. The average Bonchev–Trinajstić information content (AvgIpc) is 2.69. The summed E-state index contributed by atoms with van der Waals surface area (Å²) in [6.45, 7) is 8.68. The second kappa shape index (κ2) is 4.76. The van der Waals surface area contributed by atoms with Crippen molar-refractivity contribution in [3.8, 4) is 0 Å². The van der Waals surface area contributed by atoms with E-state index < -0.39 is 5.41 Å². The number of nitrogens with one attached hydrogen (secondary N) is 1. The smallest absolute Gasteiger partial charge is 0.227 e. The van der Waals surface area contributed by atoms with Gasteiger partial charge in [0.15, 0.2) is 5.78 Å². The van der Waals surface area contributed by atoms with Crippen molar-refractivity contribution in [1.82, 2.24) is 9.88 Å². The third kappa shape index (κ3) is 2.65. The van der Waals surface area contributed by atoms with E-state index in [1.54, 1.807) is 7.05 Å². The van der Waals surface area contributed by atoms with Gasteiger partial charge in [-0.1, -0.05) is 13.8 Å². The normalized spacial score (nSPS) is 17.8. The van der Waals surface area contributed by atoms with Crippen LogP contribution in [-0.4, -0.2) is 23.3 Å². The van der Waals surface area contributed by atoms with Gasteiger partial charge >= 0.3 is 0 Å². The predicted octanol–water partition coefficient (Wildman–Crippen LogP) is 2.42. The highest BCUT2D eigenvalue weighted by Gasteiger charge is 2.35. The Morgan fingerprint density at radius 1 is 1.40 bits per heavy atom. The minimum Gasteiger partial charge on any atom is -0.359 e. The summed E-state index contributed by atoms with van der Waals surface area (Å²) in [5.41, 5.74) is 1.41. The Labute approximate surface area is 120 Å². The van der Waals surface area contributed by atoms with E-state index in [4.69, 9.17) is 0 Å². The van der Waals surface area contributed by atoms with Gasteiger partial charge in [0.2, 0.25) is 5.91 Å². The molecule has 1 heterocycles. The van der Waals surface area contributed by atoms with E-state index in [-0.39, 0.29) is 17.1 Å². The molecule has 0 bridgehead atoms. The van der Waals surface area contributed by atoms with Crippen molar-refractivity contribution in [3.63, 3.8) is 0 Å².